The maximum absolute atomic E-state index is 13.0. The summed E-state index contributed by atoms with van der Waals surface area (Å²) in [6, 6.07) is 7.67. The van der Waals surface area contributed by atoms with Crippen molar-refractivity contribution in [1.29, 1.82) is 0 Å². The molecular weight excluding hydrogens is 480 g/mol. The number of phenols is 1. The van der Waals surface area contributed by atoms with Crippen LogP contribution in [0.1, 0.15) is 51.6 Å². The molecular formula is C27H22N2O8. The largest absolute Gasteiger partial charge is 0.504 e. The van der Waals surface area contributed by atoms with Gasteiger partial charge < -0.3 is 9.84 Å². The summed E-state index contributed by atoms with van der Waals surface area (Å²) in [6.07, 6.45) is 4.02. The maximum atomic E-state index is 13.0. The standard InChI is InChI=1S/C27H22N2O8/c1-14(30)18(21(31)8-4-15-5-9-22(32)23(13-15)37-2)11-16-3-6-17-19(12-16)27(36)29(26(17)35)20-7-10-24(33)28-25(20)34/h3-6,8-9,11-13,20,32H,7,10H2,1-2H3,(H,28,33,34)/b8-4+,18-11+. The first-order valence-corrected chi connectivity index (χ1v) is 11.3. The summed E-state index contributed by atoms with van der Waals surface area (Å²) in [6.45, 7) is 1.23. The van der Waals surface area contributed by atoms with Crippen LogP contribution >= 0.6 is 0 Å². The number of ether oxygens (including phenoxy) is 1. The van der Waals surface area contributed by atoms with E-state index in [4.69, 9.17) is 4.74 Å². The van der Waals surface area contributed by atoms with Gasteiger partial charge in [-0.2, -0.15) is 0 Å². The van der Waals surface area contributed by atoms with E-state index in [1.54, 1.807) is 6.07 Å². The van der Waals surface area contributed by atoms with Crippen LogP contribution < -0.4 is 10.1 Å². The number of nitrogens with zero attached hydrogens (tertiary/aromatic N) is 1. The number of rotatable bonds is 7. The summed E-state index contributed by atoms with van der Waals surface area (Å²) in [5.41, 5.74) is 0.861. The van der Waals surface area contributed by atoms with Crippen LogP contribution in [0.25, 0.3) is 12.2 Å². The van der Waals surface area contributed by atoms with Crippen molar-refractivity contribution in [2.24, 2.45) is 0 Å². The van der Waals surface area contributed by atoms with Crippen LogP contribution in [0.3, 0.4) is 0 Å². The van der Waals surface area contributed by atoms with E-state index in [1.807, 2.05) is 0 Å². The van der Waals surface area contributed by atoms with Gasteiger partial charge in [-0.05, 0) is 60.9 Å². The second kappa shape index (κ2) is 10.0. The smallest absolute Gasteiger partial charge is 0.262 e. The Labute approximate surface area is 211 Å². The minimum Gasteiger partial charge on any atom is -0.504 e. The lowest BCUT2D eigenvalue weighted by atomic mass is 10.00. The minimum absolute atomic E-state index is 0.00628. The number of piperidine rings is 1. The van der Waals surface area contributed by atoms with Gasteiger partial charge in [0.2, 0.25) is 11.8 Å². The van der Waals surface area contributed by atoms with Gasteiger partial charge in [0.25, 0.3) is 11.8 Å². The van der Waals surface area contributed by atoms with Crippen molar-refractivity contribution in [2.75, 3.05) is 7.11 Å². The Bertz CT molecular complexity index is 1440. The summed E-state index contributed by atoms with van der Waals surface area (Å²) in [4.78, 5) is 75.4. The number of phenolic OH excluding ortho intramolecular Hbond substituents is 1. The Morgan fingerprint density at radius 3 is 2.41 bits per heavy atom. The molecule has 2 N–H and O–H groups in total. The lowest BCUT2D eigenvalue weighted by molar-refractivity contribution is -0.136. The van der Waals surface area contributed by atoms with Gasteiger partial charge in [0, 0.05) is 6.42 Å². The highest BCUT2D eigenvalue weighted by atomic mass is 16.5. The second-order valence-electron chi connectivity index (χ2n) is 8.50. The van der Waals surface area contributed by atoms with Crippen LogP contribution in [0.2, 0.25) is 0 Å². The molecule has 2 aliphatic heterocycles. The van der Waals surface area contributed by atoms with Gasteiger partial charge in [-0.25, -0.2) is 0 Å². The molecule has 1 fully saturated rings. The number of carbonyl (C=O) groups is 6. The Morgan fingerprint density at radius 2 is 1.73 bits per heavy atom. The van der Waals surface area contributed by atoms with E-state index >= 15 is 0 Å². The Morgan fingerprint density at radius 1 is 1.03 bits per heavy atom. The number of fused-ring (bicyclic) bond motifs is 1. The third-order valence-electron chi connectivity index (χ3n) is 6.05. The van der Waals surface area contributed by atoms with Crippen molar-refractivity contribution in [3.63, 3.8) is 0 Å². The molecule has 4 amide bonds. The molecule has 2 aliphatic rings. The second-order valence-corrected chi connectivity index (χ2v) is 8.50. The number of methoxy groups -OCH3 is 1. The summed E-state index contributed by atoms with van der Waals surface area (Å²) in [5.74, 6) is -3.46. The fraction of sp³-hybridized carbons (Fsp3) is 0.185. The molecule has 0 radical (unpaired) electrons. The predicted molar refractivity (Wildman–Crippen MR) is 130 cm³/mol. The van der Waals surface area contributed by atoms with Crippen molar-refractivity contribution < 1.29 is 38.6 Å². The van der Waals surface area contributed by atoms with Gasteiger partial charge in [0.15, 0.2) is 23.1 Å². The number of nitrogens with one attached hydrogen (secondary N) is 1. The van der Waals surface area contributed by atoms with Crippen molar-refractivity contribution in [3.05, 3.63) is 70.3 Å². The normalized spacial score (nSPS) is 17.7. The van der Waals surface area contributed by atoms with Crippen molar-refractivity contribution in [3.8, 4) is 11.5 Å². The molecule has 4 rings (SSSR count). The van der Waals surface area contributed by atoms with Gasteiger partial charge in [-0.15, -0.1) is 0 Å². The number of hydrogen-bond donors (Lipinski definition) is 2. The fourth-order valence-corrected chi connectivity index (χ4v) is 4.15. The third-order valence-corrected chi connectivity index (χ3v) is 6.05. The van der Waals surface area contributed by atoms with E-state index in [0.717, 1.165) is 4.90 Å². The van der Waals surface area contributed by atoms with Crippen LogP contribution in [0.5, 0.6) is 11.5 Å². The number of Topliss-reactive ketones (excluding diaryl/α,β-unsaturated/α-hetero) is 1. The summed E-state index contributed by atoms with van der Waals surface area (Å²) in [7, 11) is 1.39. The summed E-state index contributed by atoms with van der Waals surface area (Å²) in [5, 5.41) is 11.8. The molecule has 1 saturated heterocycles. The van der Waals surface area contributed by atoms with E-state index in [9.17, 15) is 33.9 Å². The highest BCUT2D eigenvalue weighted by Gasteiger charge is 2.44. The molecule has 2 aromatic carbocycles. The average molecular weight is 502 g/mol. The van der Waals surface area contributed by atoms with Crippen LogP contribution in [-0.2, 0) is 19.2 Å². The quantitative estimate of drug-likeness (QED) is 0.253. The average Bonchev–Trinajstić information content (AvgIpc) is 3.11. The molecule has 188 valence electrons. The number of allylic oxidation sites excluding steroid dienone is 2. The number of carbonyl (C=O) groups excluding carboxylic acids is 6. The molecule has 2 heterocycles. The molecule has 0 aromatic heterocycles. The first-order valence-electron chi connectivity index (χ1n) is 11.3. The highest BCUT2D eigenvalue weighted by Crippen LogP contribution is 2.29. The predicted octanol–water partition coefficient (Wildman–Crippen LogP) is 2.06. The fourth-order valence-electron chi connectivity index (χ4n) is 4.15. The van der Waals surface area contributed by atoms with Gasteiger partial charge >= 0.3 is 0 Å². The lowest BCUT2D eigenvalue weighted by Gasteiger charge is -2.27. The number of imide groups is 2. The van der Waals surface area contributed by atoms with Crippen LogP contribution in [-0.4, -0.2) is 58.4 Å². The Balaban J connectivity index is 1.60. The zero-order valence-electron chi connectivity index (χ0n) is 19.9. The number of aromatic hydroxyl groups is 1. The molecule has 37 heavy (non-hydrogen) atoms. The molecule has 0 bridgehead atoms. The number of ketones is 2. The van der Waals surface area contributed by atoms with Gasteiger partial charge in [-0.1, -0.05) is 18.2 Å². The van der Waals surface area contributed by atoms with Crippen molar-refractivity contribution in [2.45, 2.75) is 25.8 Å². The van der Waals surface area contributed by atoms with E-state index in [2.05, 4.69) is 5.32 Å². The molecule has 10 heteroatoms. The maximum Gasteiger partial charge on any atom is 0.262 e. The SMILES string of the molecule is COc1cc(/C=C/C(=O)/C(=C/c2ccc3c(c2)C(=O)N(C2CCC(=O)NC2=O)C3=O)C(C)=O)ccc1O. The zero-order chi connectivity index (χ0) is 26.9. The van der Waals surface area contributed by atoms with E-state index < -0.39 is 41.2 Å². The van der Waals surface area contributed by atoms with Crippen LogP contribution in [0, 0.1) is 0 Å². The van der Waals surface area contributed by atoms with Gasteiger partial charge in [-0.3, -0.25) is 39.0 Å². The molecule has 0 aliphatic carbocycles. The first kappa shape index (κ1) is 25.2. The molecule has 1 unspecified atom stereocenters. The van der Waals surface area contributed by atoms with E-state index in [1.165, 1.54) is 62.6 Å². The van der Waals surface area contributed by atoms with Crippen molar-refractivity contribution >= 4 is 47.3 Å². The van der Waals surface area contributed by atoms with Gasteiger partial charge in [0.1, 0.15) is 6.04 Å². The number of hydrogen-bond acceptors (Lipinski definition) is 8. The summed E-state index contributed by atoms with van der Waals surface area (Å²) >= 11 is 0. The lowest BCUT2D eigenvalue weighted by Crippen LogP contribution is -2.54. The molecule has 0 saturated carbocycles. The Hall–Kier alpha value is -4.86. The number of amides is 4. The van der Waals surface area contributed by atoms with Crippen LogP contribution in [0.15, 0.2) is 48.0 Å². The van der Waals surface area contributed by atoms with E-state index in [-0.39, 0.29) is 41.0 Å². The van der Waals surface area contributed by atoms with Crippen molar-refractivity contribution in [1.82, 2.24) is 10.2 Å². The highest BCUT2D eigenvalue weighted by molar-refractivity contribution is 6.27. The molecule has 10 nitrogen and oxygen atoms in total. The summed E-state index contributed by atoms with van der Waals surface area (Å²) < 4.78 is 5.04. The molecule has 0 spiro atoms. The topological polar surface area (TPSA) is 147 Å². The van der Waals surface area contributed by atoms with Crippen LogP contribution in [0.4, 0.5) is 0 Å². The van der Waals surface area contributed by atoms with E-state index in [0.29, 0.717) is 11.1 Å². The first-order chi connectivity index (χ1) is 17.6. The zero-order valence-corrected chi connectivity index (χ0v) is 19.9. The third kappa shape index (κ3) is 4.94. The monoisotopic (exact) mass is 502 g/mol. The minimum atomic E-state index is -1.10. The Kier molecular flexibility index (Phi) is 6.83. The molecule has 2 aromatic rings. The molecule has 1 atom stereocenters. The number of benzene rings is 2. The van der Waals surface area contributed by atoms with Gasteiger partial charge in [0.05, 0.1) is 23.8 Å².